The van der Waals surface area contributed by atoms with Crippen LogP contribution in [0.3, 0.4) is 0 Å². The van der Waals surface area contributed by atoms with Crippen LogP contribution in [0.1, 0.15) is 37.0 Å². The van der Waals surface area contributed by atoms with Crippen LogP contribution < -0.4 is 0 Å². The molecule has 1 aromatic carbocycles. The van der Waals surface area contributed by atoms with Gasteiger partial charge in [0.15, 0.2) is 6.10 Å². The Balaban J connectivity index is 1.50. The molecule has 144 valence electrons. The highest BCUT2D eigenvalue weighted by Crippen LogP contribution is 2.22. The Morgan fingerprint density at radius 1 is 1.33 bits per heavy atom. The average molecular weight is 405 g/mol. The second kappa shape index (κ2) is 8.89. The van der Waals surface area contributed by atoms with Gasteiger partial charge in [-0.25, -0.2) is 0 Å². The number of aromatic amines is 1. The van der Waals surface area contributed by atoms with Crippen molar-refractivity contribution in [2.45, 2.75) is 32.8 Å². The lowest BCUT2D eigenvalue weighted by molar-refractivity contribution is -0.143. The first-order valence-electron chi connectivity index (χ1n) is 9.17. The van der Waals surface area contributed by atoms with Crippen molar-refractivity contribution in [2.75, 3.05) is 18.8 Å². The van der Waals surface area contributed by atoms with Gasteiger partial charge in [-0.2, -0.15) is 0 Å². The summed E-state index contributed by atoms with van der Waals surface area (Å²) in [5, 5.41) is 0.834. The van der Waals surface area contributed by atoms with Crippen molar-refractivity contribution < 1.29 is 14.3 Å². The predicted octanol–water partition coefficient (Wildman–Crippen LogP) is 4.03. The number of para-hydroxylation sites is 1. The van der Waals surface area contributed by atoms with Crippen molar-refractivity contribution in [3.05, 3.63) is 36.0 Å². The highest BCUT2D eigenvalue weighted by molar-refractivity contribution is 8.23. The zero-order valence-corrected chi connectivity index (χ0v) is 17.2. The Morgan fingerprint density at radius 3 is 2.78 bits per heavy atom. The Hall–Kier alpha value is -1.86. The number of nitrogens with one attached hydrogen (secondary N) is 1. The number of esters is 1. The smallest absolute Gasteiger partial charge is 0.317 e. The van der Waals surface area contributed by atoms with Gasteiger partial charge in [-0.1, -0.05) is 49.1 Å². The molecule has 0 spiro atoms. The number of Topliss-reactive ketones (excluding diaryl/α,β-unsaturated/α-hetero) is 1. The average Bonchev–Trinajstić information content (AvgIpc) is 3.10. The van der Waals surface area contributed by atoms with Crippen molar-refractivity contribution >= 4 is 51.0 Å². The molecule has 0 aliphatic carbocycles. The van der Waals surface area contributed by atoms with Crippen molar-refractivity contribution in [1.29, 1.82) is 0 Å². The maximum Gasteiger partial charge on any atom is 0.317 e. The fraction of sp³-hybridized carbons (Fsp3) is 0.450. The molecule has 1 N–H and O–H groups in total. The number of benzene rings is 1. The molecule has 2 aromatic rings. The molecule has 3 rings (SSSR count). The second-order valence-corrected chi connectivity index (χ2v) is 8.58. The minimum atomic E-state index is -0.832. The van der Waals surface area contributed by atoms with Crippen LogP contribution in [0.2, 0.25) is 0 Å². The number of likely N-dealkylation sites (tertiary alicyclic amines) is 1. The van der Waals surface area contributed by atoms with Gasteiger partial charge < -0.3 is 14.6 Å². The number of thiocarbonyl (C=S) groups is 1. The molecule has 1 aliphatic heterocycles. The lowest BCUT2D eigenvalue weighted by Crippen LogP contribution is -2.36. The minimum Gasteiger partial charge on any atom is -0.454 e. The van der Waals surface area contributed by atoms with Gasteiger partial charge in [0.1, 0.15) is 4.32 Å². The summed E-state index contributed by atoms with van der Waals surface area (Å²) >= 11 is 6.74. The summed E-state index contributed by atoms with van der Waals surface area (Å²) in [5.74, 6) is 0.221. The molecule has 0 bridgehead atoms. The van der Waals surface area contributed by atoms with Crippen molar-refractivity contribution in [1.82, 2.24) is 9.88 Å². The van der Waals surface area contributed by atoms with Crippen LogP contribution in [0.25, 0.3) is 10.9 Å². The molecular weight excluding hydrogens is 380 g/mol. The van der Waals surface area contributed by atoms with Crippen LogP contribution in [0, 0.1) is 5.92 Å². The van der Waals surface area contributed by atoms with Crippen LogP contribution in [0.5, 0.6) is 0 Å². The van der Waals surface area contributed by atoms with Gasteiger partial charge in [-0.15, -0.1) is 0 Å². The first kappa shape index (κ1) is 19.9. The van der Waals surface area contributed by atoms with Gasteiger partial charge in [-0.05, 0) is 31.7 Å². The Kier molecular flexibility index (Phi) is 6.55. The van der Waals surface area contributed by atoms with E-state index in [0.717, 1.165) is 47.1 Å². The van der Waals surface area contributed by atoms with E-state index in [4.69, 9.17) is 17.0 Å². The molecular formula is C20H24N2O3S2. The third-order valence-electron chi connectivity index (χ3n) is 4.89. The summed E-state index contributed by atoms with van der Waals surface area (Å²) in [7, 11) is 0. The van der Waals surface area contributed by atoms with E-state index in [1.165, 1.54) is 11.8 Å². The zero-order valence-electron chi connectivity index (χ0n) is 15.6. The molecule has 1 atom stereocenters. The molecule has 1 fully saturated rings. The molecule has 5 nitrogen and oxygen atoms in total. The van der Waals surface area contributed by atoms with Crippen LogP contribution in [-0.4, -0.2) is 50.9 Å². The zero-order chi connectivity index (χ0) is 19.4. The van der Waals surface area contributed by atoms with E-state index in [1.54, 1.807) is 13.1 Å². The van der Waals surface area contributed by atoms with Gasteiger partial charge in [0.25, 0.3) is 0 Å². The highest BCUT2D eigenvalue weighted by atomic mass is 32.2. The lowest BCUT2D eigenvalue weighted by atomic mass is 10.00. The largest absolute Gasteiger partial charge is 0.454 e. The van der Waals surface area contributed by atoms with E-state index in [0.29, 0.717) is 5.56 Å². The lowest BCUT2D eigenvalue weighted by Gasteiger charge is -2.31. The van der Waals surface area contributed by atoms with Crippen LogP contribution in [0.4, 0.5) is 0 Å². The number of thioether (sulfide) groups is 1. The van der Waals surface area contributed by atoms with Crippen molar-refractivity contribution in [3.63, 3.8) is 0 Å². The standard InChI is InChI=1S/C20H24N2O3S2/c1-13-7-9-22(10-8-13)20(26)27-12-18(23)25-14(2)19(24)16-11-21-17-6-4-3-5-15(16)17/h3-6,11,13-14,21H,7-10,12H2,1-2H3/t14-/m0/s1. The number of rotatable bonds is 5. The van der Waals surface area contributed by atoms with Gasteiger partial charge >= 0.3 is 5.97 Å². The number of ketones is 1. The summed E-state index contributed by atoms with van der Waals surface area (Å²) < 4.78 is 6.07. The number of carbonyl (C=O) groups is 2. The number of fused-ring (bicyclic) bond motifs is 1. The molecule has 0 saturated carbocycles. The summed E-state index contributed by atoms with van der Waals surface area (Å²) in [4.78, 5) is 30.0. The summed E-state index contributed by atoms with van der Waals surface area (Å²) in [5.41, 5.74) is 1.42. The molecule has 27 heavy (non-hydrogen) atoms. The number of ether oxygens (including phenoxy) is 1. The van der Waals surface area contributed by atoms with E-state index in [2.05, 4.69) is 16.8 Å². The molecule has 1 aromatic heterocycles. The Labute approximate surface area is 168 Å². The van der Waals surface area contributed by atoms with Gasteiger partial charge in [-0.3, -0.25) is 9.59 Å². The third kappa shape index (κ3) is 4.90. The molecule has 0 radical (unpaired) electrons. The van der Waals surface area contributed by atoms with Gasteiger partial charge in [0.05, 0.1) is 5.75 Å². The summed E-state index contributed by atoms with van der Waals surface area (Å²) in [6.07, 6.45) is 3.09. The first-order valence-corrected chi connectivity index (χ1v) is 10.6. The Bertz CT molecular complexity index is 841. The number of nitrogens with zero attached hydrogens (tertiary/aromatic N) is 1. The Morgan fingerprint density at radius 2 is 2.04 bits per heavy atom. The van der Waals surface area contributed by atoms with E-state index in [9.17, 15) is 9.59 Å². The van der Waals surface area contributed by atoms with Crippen molar-refractivity contribution in [2.24, 2.45) is 5.92 Å². The highest BCUT2D eigenvalue weighted by Gasteiger charge is 2.23. The number of hydrogen-bond donors (Lipinski definition) is 1. The maximum atomic E-state index is 12.6. The number of piperidine rings is 1. The molecule has 7 heteroatoms. The fourth-order valence-electron chi connectivity index (χ4n) is 3.18. The van der Waals surface area contributed by atoms with Gasteiger partial charge in [0.2, 0.25) is 5.78 Å². The van der Waals surface area contributed by atoms with E-state index in [-0.39, 0.29) is 11.5 Å². The van der Waals surface area contributed by atoms with Gasteiger partial charge in [0, 0.05) is 35.8 Å². The molecule has 1 aliphatic rings. The predicted molar refractivity (Wildman–Crippen MR) is 113 cm³/mol. The topological polar surface area (TPSA) is 62.4 Å². The minimum absolute atomic E-state index is 0.121. The number of carbonyl (C=O) groups excluding carboxylic acids is 2. The maximum absolute atomic E-state index is 12.6. The van der Waals surface area contributed by atoms with Crippen molar-refractivity contribution in [3.8, 4) is 0 Å². The molecule has 0 unspecified atom stereocenters. The third-order valence-corrected chi connectivity index (χ3v) is 6.38. The van der Waals surface area contributed by atoms with E-state index < -0.39 is 12.1 Å². The molecule has 1 saturated heterocycles. The summed E-state index contributed by atoms with van der Waals surface area (Å²) in [6.45, 7) is 5.74. The van der Waals surface area contributed by atoms with E-state index in [1.807, 2.05) is 24.3 Å². The quantitative estimate of drug-likeness (QED) is 0.461. The van der Waals surface area contributed by atoms with Crippen LogP contribution in [-0.2, 0) is 9.53 Å². The molecule has 0 amide bonds. The van der Waals surface area contributed by atoms with Crippen LogP contribution in [0.15, 0.2) is 30.5 Å². The monoisotopic (exact) mass is 404 g/mol. The number of hydrogen-bond acceptors (Lipinski definition) is 5. The number of H-pyrrole nitrogens is 1. The van der Waals surface area contributed by atoms with Crippen LogP contribution >= 0.6 is 24.0 Å². The second-order valence-electron chi connectivity index (χ2n) is 6.97. The first-order chi connectivity index (χ1) is 13.0. The molecule has 2 heterocycles. The normalized spacial score (nSPS) is 16.3. The fourth-order valence-corrected chi connectivity index (χ4v) is 4.22. The van der Waals surface area contributed by atoms with E-state index >= 15 is 0 Å². The SMILES string of the molecule is CC1CCN(C(=S)SCC(=O)O[C@@H](C)C(=O)c2c[nH]c3ccccc23)CC1. The number of aromatic nitrogens is 1. The summed E-state index contributed by atoms with van der Waals surface area (Å²) in [6, 6.07) is 7.56.